The monoisotopic (exact) mass is 515 g/mol. The number of ether oxygens (including phenoxy) is 1. The SMILES string of the molecule is CCNC(=NCC1Cc2ccccc2O1)NCCCCN1CCN(CC)CC1.I. The highest BCUT2D eigenvalue weighted by atomic mass is 127. The maximum atomic E-state index is 5.99. The van der Waals surface area contributed by atoms with Crippen LogP contribution in [0.1, 0.15) is 32.3 Å². The van der Waals surface area contributed by atoms with Gasteiger partial charge in [0.25, 0.3) is 0 Å². The van der Waals surface area contributed by atoms with Crippen molar-refractivity contribution >= 4 is 29.9 Å². The second kappa shape index (κ2) is 13.3. The zero-order valence-corrected chi connectivity index (χ0v) is 20.4. The van der Waals surface area contributed by atoms with Crippen molar-refractivity contribution in [3.8, 4) is 5.75 Å². The fraction of sp³-hybridized carbons (Fsp3) is 0.682. The van der Waals surface area contributed by atoms with Gasteiger partial charge in [0, 0.05) is 45.7 Å². The molecular formula is C22H38IN5O. The number of benzene rings is 1. The quantitative estimate of drug-likeness (QED) is 0.229. The molecule has 0 saturated carbocycles. The third kappa shape index (κ3) is 7.94. The molecule has 1 saturated heterocycles. The summed E-state index contributed by atoms with van der Waals surface area (Å²) >= 11 is 0. The van der Waals surface area contributed by atoms with Crippen molar-refractivity contribution in [2.24, 2.45) is 4.99 Å². The average molecular weight is 515 g/mol. The van der Waals surface area contributed by atoms with Gasteiger partial charge in [-0.2, -0.15) is 0 Å². The molecule has 3 rings (SSSR count). The number of halogens is 1. The van der Waals surface area contributed by atoms with Crippen LogP contribution in [0.5, 0.6) is 5.75 Å². The molecule has 1 aromatic rings. The van der Waals surface area contributed by atoms with E-state index in [0.29, 0.717) is 6.54 Å². The van der Waals surface area contributed by atoms with Crippen molar-refractivity contribution in [1.29, 1.82) is 0 Å². The van der Waals surface area contributed by atoms with Crippen molar-refractivity contribution in [3.05, 3.63) is 29.8 Å². The summed E-state index contributed by atoms with van der Waals surface area (Å²) in [6, 6.07) is 8.29. The normalized spacial score (nSPS) is 19.9. The molecule has 29 heavy (non-hydrogen) atoms. The molecule has 2 heterocycles. The minimum atomic E-state index is 0. The highest BCUT2D eigenvalue weighted by molar-refractivity contribution is 14.0. The van der Waals surface area contributed by atoms with Crippen LogP contribution in [0.25, 0.3) is 0 Å². The number of aliphatic imine (C=N–C) groups is 1. The summed E-state index contributed by atoms with van der Waals surface area (Å²) in [6.07, 6.45) is 3.50. The van der Waals surface area contributed by atoms with Gasteiger partial charge >= 0.3 is 0 Å². The minimum Gasteiger partial charge on any atom is -0.488 e. The van der Waals surface area contributed by atoms with Crippen molar-refractivity contribution in [2.45, 2.75) is 39.2 Å². The summed E-state index contributed by atoms with van der Waals surface area (Å²) < 4.78 is 5.99. The lowest BCUT2D eigenvalue weighted by Crippen LogP contribution is -2.46. The van der Waals surface area contributed by atoms with Gasteiger partial charge in [-0.05, 0) is 44.5 Å². The molecular weight excluding hydrogens is 477 g/mol. The number of para-hydroxylation sites is 1. The van der Waals surface area contributed by atoms with E-state index in [4.69, 9.17) is 9.73 Å². The first-order valence-corrected chi connectivity index (χ1v) is 11.0. The first-order chi connectivity index (χ1) is 13.8. The van der Waals surface area contributed by atoms with Gasteiger partial charge in [0.2, 0.25) is 0 Å². The number of rotatable bonds is 9. The molecule has 1 fully saturated rings. The van der Waals surface area contributed by atoms with Crippen molar-refractivity contribution in [1.82, 2.24) is 20.4 Å². The van der Waals surface area contributed by atoms with Gasteiger partial charge in [-0.1, -0.05) is 25.1 Å². The maximum absolute atomic E-state index is 5.99. The van der Waals surface area contributed by atoms with E-state index >= 15 is 0 Å². The second-order valence-electron chi connectivity index (χ2n) is 7.68. The Hall–Kier alpha value is -1.06. The molecule has 6 nitrogen and oxygen atoms in total. The molecule has 1 unspecified atom stereocenters. The molecule has 1 atom stereocenters. The van der Waals surface area contributed by atoms with Crippen LogP contribution >= 0.6 is 24.0 Å². The van der Waals surface area contributed by atoms with Crippen LogP contribution in [0.3, 0.4) is 0 Å². The molecule has 2 aliphatic heterocycles. The predicted octanol–water partition coefficient (Wildman–Crippen LogP) is 2.58. The molecule has 2 aliphatic rings. The van der Waals surface area contributed by atoms with E-state index < -0.39 is 0 Å². The Morgan fingerprint density at radius 3 is 2.55 bits per heavy atom. The fourth-order valence-electron chi connectivity index (χ4n) is 3.89. The van der Waals surface area contributed by atoms with E-state index in [1.807, 2.05) is 12.1 Å². The van der Waals surface area contributed by atoms with Crippen LogP contribution in [-0.2, 0) is 6.42 Å². The largest absolute Gasteiger partial charge is 0.488 e. The molecule has 0 spiro atoms. The zero-order chi connectivity index (χ0) is 19.6. The number of unbranched alkanes of at least 4 members (excludes halogenated alkanes) is 1. The molecule has 0 aliphatic carbocycles. The highest BCUT2D eigenvalue weighted by Gasteiger charge is 2.22. The van der Waals surface area contributed by atoms with Crippen LogP contribution < -0.4 is 15.4 Å². The average Bonchev–Trinajstić information content (AvgIpc) is 3.15. The Morgan fingerprint density at radius 2 is 1.83 bits per heavy atom. The molecule has 2 N–H and O–H groups in total. The molecule has 0 bridgehead atoms. The number of hydrogen-bond acceptors (Lipinski definition) is 4. The number of piperazine rings is 1. The summed E-state index contributed by atoms with van der Waals surface area (Å²) in [7, 11) is 0. The molecule has 164 valence electrons. The van der Waals surface area contributed by atoms with Crippen LogP contribution in [-0.4, -0.2) is 80.8 Å². The standard InChI is InChI=1S/C22H37N5O.HI/c1-3-23-22(25-18-20-17-19-9-5-6-10-21(19)28-20)24-11-7-8-12-27-15-13-26(4-2)14-16-27;/h5-6,9-10,20H,3-4,7-8,11-18H2,1-2H3,(H2,23,24,25);1H. The van der Waals surface area contributed by atoms with Gasteiger partial charge in [0.15, 0.2) is 5.96 Å². The number of nitrogens with zero attached hydrogens (tertiary/aromatic N) is 3. The zero-order valence-electron chi connectivity index (χ0n) is 18.0. The van der Waals surface area contributed by atoms with Crippen LogP contribution in [0.4, 0.5) is 0 Å². The minimum absolute atomic E-state index is 0. The summed E-state index contributed by atoms with van der Waals surface area (Å²) in [4.78, 5) is 9.87. The molecule has 0 amide bonds. The topological polar surface area (TPSA) is 52.1 Å². The predicted molar refractivity (Wildman–Crippen MR) is 132 cm³/mol. The van der Waals surface area contributed by atoms with Crippen LogP contribution in [0.2, 0.25) is 0 Å². The van der Waals surface area contributed by atoms with Crippen molar-refractivity contribution in [3.63, 3.8) is 0 Å². The Bertz CT molecular complexity index is 594. The summed E-state index contributed by atoms with van der Waals surface area (Å²) in [5, 5.41) is 6.82. The number of likely N-dealkylation sites (N-methyl/N-ethyl adjacent to an activating group) is 1. The summed E-state index contributed by atoms with van der Waals surface area (Å²) in [5.74, 6) is 1.92. The fourth-order valence-corrected chi connectivity index (χ4v) is 3.89. The van der Waals surface area contributed by atoms with Crippen molar-refractivity contribution < 1.29 is 4.74 Å². The summed E-state index contributed by atoms with van der Waals surface area (Å²) in [6.45, 7) is 14.2. The van der Waals surface area contributed by atoms with E-state index in [1.54, 1.807) is 0 Å². The lowest BCUT2D eigenvalue weighted by Gasteiger charge is -2.34. The number of fused-ring (bicyclic) bond motifs is 1. The molecule has 7 heteroatoms. The summed E-state index contributed by atoms with van der Waals surface area (Å²) in [5.41, 5.74) is 1.29. The van der Waals surface area contributed by atoms with Crippen molar-refractivity contribution in [2.75, 3.05) is 58.9 Å². The van der Waals surface area contributed by atoms with Gasteiger partial charge in [-0.25, -0.2) is 4.99 Å². The third-order valence-corrected chi connectivity index (χ3v) is 5.62. The van der Waals surface area contributed by atoms with Gasteiger partial charge in [-0.15, -0.1) is 24.0 Å². The Labute approximate surface area is 193 Å². The Balaban J connectivity index is 0.00000300. The lowest BCUT2D eigenvalue weighted by atomic mass is 10.1. The smallest absolute Gasteiger partial charge is 0.191 e. The second-order valence-corrected chi connectivity index (χ2v) is 7.68. The highest BCUT2D eigenvalue weighted by Crippen LogP contribution is 2.28. The molecule has 1 aromatic carbocycles. The van der Waals surface area contributed by atoms with Crippen LogP contribution in [0.15, 0.2) is 29.3 Å². The van der Waals surface area contributed by atoms with E-state index in [2.05, 4.69) is 46.4 Å². The van der Waals surface area contributed by atoms with E-state index in [1.165, 1.54) is 57.7 Å². The maximum Gasteiger partial charge on any atom is 0.191 e. The lowest BCUT2D eigenvalue weighted by molar-refractivity contribution is 0.136. The van der Waals surface area contributed by atoms with E-state index in [-0.39, 0.29) is 30.1 Å². The van der Waals surface area contributed by atoms with E-state index in [0.717, 1.165) is 31.2 Å². The number of nitrogens with one attached hydrogen (secondary N) is 2. The molecule has 0 radical (unpaired) electrons. The van der Waals surface area contributed by atoms with Gasteiger partial charge in [-0.3, -0.25) is 0 Å². The first kappa shape index (κ1) is 24.2. The first-order valence-electron chi connectivity index (χ1n) is 11.0. The Morgan fingerprint density at radius 1 is 1.07 bits per heavy atom. The van der Waals surface area contributed by atoms with Crippen LogP contribution in [0, 0.1) is 0 Å². The Kier molecular flexibility index (Phi) is 11.1. The number of guanidine groups is 1. The van der Waals surface area contributed by atoms with E-state index in [9.17, 15) is 0 Å². The van der Waals surface area contributed by atoms with Gasteiger partial charge in [0.05, 0.1) is 6.54 Å². The van der Waals surface area contributed by atoms with Gasteiger partial charge < -0.3 is 25.2 Å². The third-order valence-electron chi connectivity index (χ3n) is 5.62. The molecule has 0 aromatic heterocycles. The van der Waals surface area contributed by atoms with Gasteiger partial charge in [0.1, 0.15) is 11.9 Å². The number of hydrogen-bond donors (Lipinski definition) is 2.